The zero-order valence-electron chi connectivity index (χ0n) is 18.3. The maximum absolute atomic E-state index is 12.4. The highest BCUT2D eigenvalue weighted by Crippen LogP contribution is 2.18. The van der Waals surface area contributed by atoms with Crippen molar-refractivity contribution in [3.05, 3.63) is 35.9 Å². The van der Waals surface area contributed by atoms with Crippen LogP contribution in [0.4, 0.5) is 0 Å². The second-order valence-corrected chi connectivity index (χ2v) is 7.67. The second kappa shape index (κ2) is 15.3. The van der Waals surface area contributed by atoms with Gasteiger partial charge in [-0.15, -0.1) is 0 Å². The first-order valence-electron chi connectivity index (χ1n) is 11.2. The van der Waals surface area contributed by atoms with E-state index in [9.17, 15) is 9.90 Å². The van der Waals surface area contributed by atoms with E-state index in [2.05, 4.69) is 17.1 Å². The van der Waals surface area contributed by atoms with Crippen LogP contribution in [-0.2, 0) is 19.0 Å². The Labute approximate surface area is 180 Å². The van der Waals surface area contributed by atoms with Gasteiger partial charge in [0.1, 0.15) is 12.7 Å². The van der Waals surface area contributed by atoms with E-state index in [0.717, 1.165) is 31.7 Å². The lowest BCUT2D eigenvalue weighted by atomic mass is 10.0. The minimum absolute atomic E-state index is 0.0414. The van der Waals surface area contributed by atoms with Crippen LogP contribution >= 0.6 is 0 Å². The van der Waals surface area contributed by atoms with E-state index in [1.807, 2.05) is 30.3 Å². The molecule has 30 heavy (non-hydrogen) atoms. The van der Waals surface area contributed by atoms with Gasteiger partial charge in [0.05, 0.1) is 32.5 Å². The minimum Gasteiger partial charge on any atom is -0.386 e. The zero-order chi connectivity index (χ0) is 21.4. The third-order valence-electron chi connectivity index (χ3n) is 5.17. The zero-order valence-corrected chi connectivity index (χ0v) is 18.3. The summed E-state index contributed by atoms with van der Waals surface area (Å²) in [6.45, 7) is 7.24. The third kappa shape index (κ3) is 10.00. The Morgan fingerprint density at radius 3 is 2.57 bits per heavy atom. The van der Waals surface area contributed by atoms with Crippen LogP contribution in [0.25, 0.3) is 0 Å². The van der Waals surface area contributed by atoms with Gasteiger partial charge in [0.15, 0.2) is 0 Å². The average Bonchev–Trinajstić information content (AvgIpc) is 2.78. The van der Waals surface area contributed by atoms with Crippen molar-refractivity contribution in [1.82, 2.24) is 10.2 Å². The Bertz CT molecular complexity index is 566. The molecule has 0 aliphatic carbocycles. The van der Waals surface area contributed by atoms with Gasteiger partial charge in [-0.3, -0.25) is 9.69 Å². The molecule has 1 amide bonds. The van der Waals surface area contributed by atoms with Crippen LogP contribution in [0, 0.1) is 0 Å². The minimum atomic E-state index is -0.788. The maximum Gasteiger partial charge on any atom is 0.246 e. The van der Waals surface area contributed by atoms with Gasteiger partial charge in [-0.25, -0.2) is 0 Å². The highest BCUT2D eigenvalue weighted by molar-refractivity contribution is 5.77. The van der Waals surface area contributed by atoms with Gasteiger partial charge in [0.2, 0.25) is 5.91 Å². The van der Waals surface area contributed by atoms with Gasteiger partial charge in [0, 0.05) is 26.2 Å². The molecular weight excluding hydrogens is 384 g/mol. The number of amides is 1. The smallest absolute Gasteiger partial charge is 0.246 e. The normalized spacial score (nSPS) is 16.9. The van der Waals surface area contributed by atoms with Gasteiger partial charge >= 0.3 is 0 Å². The number of morpholine rings is 1. The maximum atomic E-state index is 12.4. The molecule has 1 aliphatic heterocycles. The van der Waals surface area contributed by atoms with E-state index in [4.69, 9.17) is 14.2 Å². The highest BCUT2D eigenvalue weighted by atomic mass is 16.5. The summed E-state index contributed by atoms with van der Waals surface area (Å²) in [5.41, 5.74) is 0.786. The quantitative estimate of drug-likeness (QED) is 0.422. The number of carbonyl (C=O) groups excluding carboxylic acids is 1. The molecule has 1 aromatic rings. The van der Waals surface area contributed by atoms with Crippen molar-refractivity contribution in [3.63, 3.8) is 0 Å². The Kier molecular flexibility index (Phi) is 12.6. The Hall–Kier alpha value is -1.51. The molecule has 0 radical (unpaired) electrons. The molecule has 1 saturated heterocycles. The highest BCUT2D eigenvalue weighted by Gasteiger charge is 2.26. The first-order chi connectivity index (χ1) is 14.7. The molecule has 0 spiro atoms. The summed E-state index contributed by atoms with van der Waals surface area (Å²) >= 11 is 0. The summed E-state index contributed by atoms with van der Waals surface area (Å²) in [7, 11) is 0. The Balaban J connectivity index is 1.73. The van der Waals surface area contributed by atoms with E-state index in [-0.39, 0.29) is 12.5 Å². The molecule has 0 aromatic heterocycles. The number of hydrogen-bond acceptors (Lipinski definition) is 6. The van der Waals surface area contributed by atoms with Crippen molar-refractivity contribution in [2.45, 2.75) is 44.8 Å². The summed E-state index contributed by atoms with van der Waals surface area (Å²) < 4.78 is 16.4. The van der Waals surface area contributed by atoms with E-state index in [1.54, 1.807) is 0 Å². The molecule has 2 rings (SSSR count). The molecule has 1 heterocycles. The summed E-state index contributed by atoms with van der Waals surface area (Å²) in [5, 5.41) is 13.8. The lowest BCUT2D eigenvalue weighted by Crippen LogP contribution is -2.50. The van der Waals surface area contributed by atoms with Crippen molar-refractivity contribution in [2.75, 3.05) is 59.3 Å². The van der Waals surface area contributed by atoms with E-state index >= 15 is 0 Å². The van der Waals surface area contributed by atoms with Crippen LogP contribution in [0.1, 0.15) is 44.3 Å². The SMILES string of the molecule is CCCCCCOCCOCC(=O)N[C@@H](CN1CCOCC1)[C@@H](O)c1ccccc1. The van der Waals surface area contributed by atoms with Gasteiger partial charge in [-0.05, 0) is 12.0 Å². The van der Waals surface area contributed by atoms with E-state index < -0.39 is 12.1 Å². The van der Waals surface area contributed by atoms with Crippen LogP contribution in [0.5, 0.6) is 0 Å². The molecule has 2 N–H and O–H groups in total. The molecular formula is C23H38N2O5. The van der Waals surface area contributed by atoms with Crippen LogP contribution < -0.4 is 5.32 Å². The molecule has 0 saturated carbocycles. The molecule has 2 atom stereocenters. The topological polar surface area (TPSA) is 80.3 Å². The summed E-state index contributed by atoms with van der Waals surface area (Å²) in [6, 6.07) is 9.01. The predicted molar refractivity (Wildman–Crippen MR) is 116 cm³/mol. The monoisotopic (exact) mass is 422 g/mol. The summed E-state index contributed by atoms with van der Waals surface area (Å²) in [4.78, 5) is 14.6. The van der Waals surface area contributed by atoms with Gasteiger partial charge < -0.3 is 24.6 Å². The van der Waals surface area contributed by atoms with Crippen LogP contribution in [-0.4, -0.2) is 81.2 Å². The third-order valence-corrected chi connectivity index (χ3v) is 5.17. The first kappa shape index (κ1) is 24.8. The lowest BCUT2D eigenvalue weighted by Gasteiger charge is -2.33. The van der Waals surface area contributed by atoms with Gasteiger partial charge in [-0.1, -0.05) is 56.5 Å². The number of benzene rings is 1. The molecule has 7 nitrogen and oxygen atoms in total. The largest absolute Gasteiger partial charge is 0.386 e. The molecule has 1 fully saturated rings. The van der Waals surface area contributed by atoms with Crippen LogP contribution in [0.3, 0.4) is 0 Å². The molecule has 1 aromatic carbocycles. The van der Waals surface area contributed by atoms with Crippen molar-refractivity contribution >= 4 is 5.91 Å². The Morgan fingerprint density at radius 1 is 1.10 bits per heavy atom. The summed E-state index contributed by atoms with van der Waals surface area (Å²) in [6.07, 6.45) is 3.91. The fourth-order valence-electron chi connectivity index (χ4n) is 3.43. The average molecular weight is 423 g/mol. The van der Waals surface area contributed by atoms with Crippen molar-refractivity contribution < 1.29 is 24.1 Å². The number of rotatable bonds is 15. The van der Waals surface area contributed by atoms with E-state index in [1.165, 1.54) is 19.3 Å². The predicted octanol–water partition coefficient (Wildman–Crippen LogP) is 2.15. The van der Waals surface area contributed by atoms with Crippen molar-refractivity contribution in [1.29, 1.82) is 0 Å². The number of nitrogens with one attached hydrogen (secondary N) is 1. The first-order valence-corrected chi connectivity index (χ1v) is 11.2. The van der Waals surface area contributed by atoms with Crippen molar-refractivity contribution in [3.8, 4) is 0 Å². The lowest BCUT2D eigenvalue weighted by molar-refractivity contribution is -0.128. The second-order valence-electron chi connectivity index (χ2n) is 7.67. The number of nitrogens with zero attached hydrogens (tertiary/aromatic N) is 1. The molecule has 1 aliphatic rings. The molecule has 7 heteroatoms. The van der Waals surface area contributed by atoms with Gasteiger partial charge in [-0.2, -0.15) is 0 Å². The number of aliphatic hydroxyl groups is 1. The number of unbranched alkanes of at least 4 members (excludes halogenated alkanes) is 3. The Morgan fingerprint density at radius 2 is 1.83 bits per heavy atom. The fraction of sp³-hybridized carbons (Fsp3) is 0.696. The van der Waals surface area contributed by atoms with Crippen LogP contribution in [0.2, 0.25) is 0 Å². The molecule has 170 valence electrons. The van der Waals surface area contributed by atoms with Gasteiger partial charge in [0.25, 0.3) is 0 Å². The number of ether oxygens (including phenoxy) is 3. The molecule has 0 bridgehead atoms. The standard InChI is InChI=1S/C23H38N2O5/c1-2-3-4-8-13-28-16-17-30-19-22(26)24-21(18-25-11-14-29-15-12-25)23(27)20-9-6-5-7-10-20/h5-7,9-10,21,23,27H,2-4,8,11-19H2,1H3,(H,24,26)/t21-,23-/m0/s1. The van der Waals surface area contributed by atoms with Crippen molar-refractivity contribution in [2.24, 2.45) is 0 Å². The number of carbonyl (C=O) groups is 1. The van der Waals surface area contributed by atoms with Crippen LogP contribution in [0.15, 0.2) is 30.3 Å². The fourth-order valence-corrected chi connectivity index (χ4v) is 3.43. The molecule has 0 unspecified atom stereocenters. The van der Waals surface area contributed by atoms with E-state index in [0.29, 0.717) is 33.0 Å². The number of hydrogen-bond donors (Lipinski definition) is 2. The number of aliphatic hydroxyl groups excluding tert-OH is 1. The summed E-state index contributed by atoms with van der Waals surface area (Å²) in [5.74, 6) is -0.230.